The van der Waals surface area contributed by atoms with E-state index >= 15 is 0 Å². The molecule has 20 heavy (non-hydrogen) atoms. The van der Waals surface area contributed by atoms with Crippen LogP contribution < -0.4 is 0 Å². The van der Waals surface area contributed by atoms with E-state index < -0.39 is 0 Å². The van der Waals surface area contributed by atoms with E-state index in [0.29, 0.717) is 11.0 Å². The molecule has 6 heteroatoms. The third kappa shape index (κ3) is 3.14. The molecule has 1 amide bonds. The van der Waals surface area contributed by atoms with Gasteiger partial charge < -0.3 is 0 Å². The summed E-state index contributed by atoms with van der Waals surface area (Å²) in [6, 6.07) is 4.01. The van der Waals surface area contributed by atoms with Gasteiger partial charge in [-0.2, -0.15) is 0 Å². The highest BCUT2D eigenvalue weighted by Gasteiger charge is 2.33. The maximum Gasteiger partial charge on any atom is 0.267 e. The van der Waals surface area contributed by atoms with E-state index in [1.165, 1.54) is 31.0 Å². The Bertz CT molecular complexity index is 533. The van der Waals surface area contributed by atoms with E-state index in [4.69, 9.17) is 12.2 Å². The lowest BCUT2D eigenvalue weighted by Crippen LogP contribution is -2.42. The maximum atomic E-state index is 12.4. The number of carbonyl (C=O) groups is 1. The first-order valence-electron chi connectivity index (χ1n) is 6.75. The molecule has 0 atom stereocenters. The first-order valence-corrected chi connectivity index (χ1v) is 8.86. The van der Waals surface area contributed by atoms with Gasteiger partial charge in [0.25, 0.3) is 5.91 Å². The number of hydrogen-bond acceptors (Lipinski definition) is 5. The number of thiocarbonyl (C=S) groups is 1. The molecule has 0 N–H and O–H groups in total. The quantitative estimate of drug-likeness (QED) is 0.628. The molecule has 3 heterocycles. The van der Waals surface area contributed by atoms with Crippen LogP contribution >= 0.6 is 35.3 Å². The highest BCUT2D eigenvalue weighted by molar-refractivity contribution is 8.26. The van der Waals surface area contributed by atoms with Crippen molar-refractivity contribution in [2.75, 3.05) is 19.8 Å². The molecule has 0 aromatic carbocycles. The van der Waals surface area contributed by atoms with Crippen LogP contribution in [0.15, 0.2) is 22.4 Å². The fraction of sp³-hybridized carbons (Fsp3) is 0.429. The average Bonchev–Trinajstić information content (AvgIpc) is 3.05. The first kappa shape index (κ1) is 14.3. The van der Waals surface area contributed by atoms with E-state index in [1.54, 1.807) is 16.2 Å². The summed E-state index contributed by atoms with van der Waals surface area (Å²) in [5.74, 6) is 0.0546. The van der Waals surface area contributed by atoms with Gasteiger partial charge in [0.15, 0.2) is 0 Å². The minimum Gasteiger partial charge on any atom is -0.286 e. The molecule has 0 spiro atoms. The van der Waals surface area contributed by atoms with Crippen molar-refractivity contribution in [3.8, 4) is 0 Å². The second-order valence-corrected chi connectivity index (χ2v) is 7.60. The van der Waals surface area contributed by atoms with Gasteiger partial charge in [-0.3, -0.25) is 14.6 Å². The molecular formula is C14H16N2OS3. The molecule has 3 rings (SSSR count). The minimum absolute atomic E-state index is 0.0546. The molecule has 0 bridgehead atoms. The standard InChI is InChI=1S/C14H16N2OS3/c17-13-12(9-11-5-4-8-19-11)20-14(18)16(13)10-15-6-2-1-3-7-15/h4-5,8-9H,1-3,6-7,10H2. The number of thiophene rings is 1. The second kappa shape index (κ2) is 6.39. The van der Waals surface area contributed by atoms with Crippen molar-refractivity contribution in [1.29, 1.82) is 0 Å². The molecular weight excluding hydrogens is 308 g/mol. The van der Waals surface area contributed by atoms with Crippen LogP contribution in [0.5, 0.6) is 0 Å². The summed E-state index contributed by atoms with van der Waals surface area (Å²) in [5.41, 5.74) is 0. The Kier molecular flexibility index (Phi) is 4.55. The van der Waals surface area contributed by atoms with Crippen molar-refractivity contribution in [2.45, 2.75) is 19.3 Å². The number of likely N-dealkylation sites (tertiary alicyclic amines) is 1. The molecule has 2 aliphatic heterocycles. The van der Waals surface area contributed by atoms with E-state index in [9.17, 15) is 4.79 Å². The summed E-state index contributed by atoms with van der Waals surface area (Å²) in [6.45, 7) is 2.79. The van der Waals surface area contributed by atoms with Crippen molar-refractivity contribution in [2.24, 2.45) is 0 Å². The molecule has 3 nitrogen and oxygen atoms in total. The SMILES string of the molecule is O=C1C(=Cc2cccs2)SC(=S)N1CN1CCCCC1. The second-order valence-electron chi connectivity index (χ2n) is 4.95. The summed E-state index contributed by atoms with van der Waals surface area (Å²) in [6.07, 6.45) is 5.69. The highest BCUT2D eigenvalue weighted by atomic mass is 32.2. The predicted molar refractivity (Wildman–Crippen MR) is 89.6 cm³/mol. The molecule has 106 valence electrons. The molecule has 1 aromatic heterocycles. The van der Waals surface area contributed by atoms with Gasteiger partial charge in [-0.05, 0) is 43.5 Å². The monoisotopic (exact) mass is 324 g/mol. The zero-order chi connectivity index (χ0) is 13.9. The van der Waals surface area contributed by atoms with Crippen molar-refractivity contribution in [3.05, 3.63) is 27.3 Å². The van der Waals surface area contributed by atoms with Crippen LogP contribution in [-0.2, 0) is 4.79 Å². The van der Waals surface area contributed by atoms with E-state index in [1.807, 2.05) is 23.6 Å². The van der Waals surface area contributed by atoms with Gasteiger partial charge in [0, 0.05) is 4.88 Å². The fourth-order valence-electron chi connectivity index (χ4n) is 2.43. The van der Waals surface area contributed by atoms with Gasteiger partial charge in [-0.15, -0.1) is 11.3 Å². The Morgan fingerprint density at radius 1 is 1.30 bits per heavy atom. The number of nitrogens with zero attached hydrogens (tertiary/aromatic N) is 2. The van der Waals surface area contributed by atoms with Crippen molar-refractivity contribution in [1.82, 2.24) is 9.80 Å². The zero-order valence-electron chi connectivity index (χ0n) is 11.1. The molecule has 0 radical (unpaired) electrons. The van der Waals surface area contributed by atoms with Gasteiger partial charge in [0.1, 0.15) is 4.32 Å². The number of thioether (sulfide) groups is 1. The fourth-order valence-corrected chi connectivity index (χ4v) is 4.39. The van der Waals surface area contributed by atoms with E-state index in [0.717, 1.165) is 22.9 Å². The number of rotatable bonds is 3. The van der Waals surface area contributed by atoms with E-state index in [2.05, 4.69) is 4.90 Å². The highest BCUT2D eigenvalue weighted by Crippen LogP contribution is 2.33. The van der Waals surface area contributed by atoms with Gasteiger partial charge >= 0.3 is 0 Å². The molecule has 2 aliphatic rings. The van der Waals surface area contributed by atoms with Crippen molar-refractivity contribution < 1.29 is 4.79 Å². The largest absolute Gasteiger partial charge is 0.286 e. The summed E-state index contributed by atoms with van der Waals surface area (Å²) in [7, 11) is 0. The molecule has 1 aromatic rings. The van der Waals surface area contributed by atoms with Gasteiger partial charge in [-0.1, -0.05) is 36.5 Å². The lowest BCUT2D eigenvalue weighted by atomic mass is 10.1. The van der Waals surface area contributed by atoms with Crippen LogP contribution in [0.25, 0.3) is 6.08 Å². The van der Waals surface area contributed by atoms with Crippen LogP contribution in [0.3, 0.4) is 0 Å². The Hall–Kier alpha value is -0.690. The lowest BCUT2D eigenvalue weighted by molar-refractivity contribution is -0.123. The Balaban J connectivity index is 1.70. The maximum absolute atomic E-state index is 12.4. The van der Waals surface area contributed by atoms with Gasteiger partial charge in [0.2, 0.25) is 0 Å². The summed E-state index contributed by atoms with van der Waals surface area (Å²) in [5, 5.41) is 2.01. The predicted octanol–water partition coefficient (Wildman–Crippen LogP) is 3.39. The topological polar surface area (TPSA) is 23.6 Å². The molecule has 2 fully saturated rings. The summed E-state index contributed by atoms with van der Waals surface area (Å²) in [4.78, 5) is 18.4. The molecule has 0 saturated carbocycles. The lowest BCUT2D eigenvalue weighted by Gasteiger charge is -2.29. The summed E-state index contributed by atoms with van der Waals surface area (Å²) >= 11 is 8.42. The van der Waals surface area contributed by atoms with Crippen molar-refractivity contribution >= 4 is 51.6 Å². The number of piperidine rings is 1. The number of amides is 1. The normalized spacial score (nSPS) is 23.0. The molecule has 2 saturated heterocycles. The van der Waals surface area contributed by atoms with Gasteiger partial charge in [0.05, 0.1) is 11.6 Å². The van der Waals surface area contributed by atoms with Crippen LogP contribution in [0.4, 0.5) is 0 Å². The average molecular weight is 324 g/mol. The van der Waals surface area contributed by atoms with Crippen molar-refractivity contribution in [3.63, 3.8) is 0 Å². The number of carbonyl (C=O) groups excluding carboxylic acids is 1. The third-order valence-electron chi connectivity index (χ3n) is 3.48. The first-order chi connectivity index (χ1) is 9.74. The molecule has 0 aliphatic carbocycles. The van der Waals surface area contributed by atoms with Crippen LogP contribution in [0.2, 0.25) is 0 Å². The zero-order valence-corrected chi connectivity index (χ0v) is 13.5. The van der Waals surface area contributed by atoms with Gasteiger partial charge in [-0.25, -0.2) is 0 Å². The Morgan fingerprint density at radius 2 is 2.10 bits per heavy atom. The van der Waals surface area contributed by atoms with Crippen LogP contribution in [0, 0.1) is 0 Å². The van der Waals surface area contributed by atoms with Crippen LogP contribution in [0.1, 0.15) is 24.1 Å². The summed E-state index contributed by atoms with van der Waals surface area (Å²) < 4.78 is 0.684. The van der Waals surface area contributed by atoms with Crippen LogP contribution in [-0.4, -0.2) is 39.8 Å². The molecule has 0 unspecified atom stereocenters. The smallest absolute Gasteiger partial charge is 0.267 e. The Labute approximate surface area is 132 Å². The number of hydrogen-bond donors (Lipinski definition) is 0. The van der Waals surface area contributed by atoms with E-state index in [-0.39, 0.29) is 5.91 Å². The minimum atomic E-state index is 0.0546. The Morgan fingerprint density at radius 3 is 2.80 bits per heavy atom. The third-order valence-corrected chi connectivity index (χ3v) is 5.68.